The standard InChI is InChI=1S/C11H16N2S/c14-10-6-2-1-5-9(10)13-11-7-3-4-8-12-11/h1-2,5-6,11-14H,3-4,7-8H2. The zero-order valence-electron chi connectivity index (χ0n) is 8.16. The van der Waals surface area contributed by atoms with Crippen LogP contribution in [0.1, 0.15) is 19.3 Å². The minimum Gasteiger partial charge on any atom is -0.369 e. The van der Waals surface area contributed by atoms with Crippen LogP contribution < -0.4 is 10.6 Å². The Balaban J connectivity index is 1.99. The lowest BCUT2D eigenvalue weighted by Gasteiger charge is -2.25. The number of para-hydroxylation sites is 1. The first-order valence-electron chi connectivity index (χ1n) is 5.14. The smallest absolute Gasteiger partial charge is 0.0768 e. The number of rotatable bonds is 2. The zero-order valence-corrected chi connectivity index (χ0v) is 9.06. The first kappa shape index (κ1) is 9.87. The molecule has 76 valence electrons. The molecule has 0 spiro atoms. The van der Waals surface area contributed by atoms with Gasteiger partial charge < -0.3 is 5.32 Å². The minimum absolute atomic E-state index is 0.414. The van der Waals surface area contributed by atoms with Crippen molar-refractivity contribution in [2.45, 2.75) is 30.3 Å². The van der Waals surface area contributed by atoms with Crippen LogP contribution in [0.25, 0.3) is 0 Å². The third-order valence-electron chi connectivity index (χ3n) is 2.54. The molecule has 2 rings (SSSR count). The van der Waals surface area contributed by atoms with E-state index in [0.717, 1.165) is 17.1 Å². The van der Waals surface area contributed by atoms with E-state index in [2.05, 4.69) is 29.3 Å². The second-order valence-corrected chi connectivity index (χ2v) is 4.15. The quantitative estimate of drug-likeness (QED) is 0.650. The molecule has 1 atom stereocenters. The van der Waals surface area contributed by atoms with E-state index in [-0.39, 0.29) is 0 Å². The van der Waals surface area contributed by atoms with Gasteiger partial charge in [-0.3, -0.25) is 5.32 Å². The third-order valence-corrected chi connectivity index (χ3v) is 2.93. The highest BCUT2D eigenvalue weighted by Gasteiger charge is 2.12. The Labute approximate surface area is 90.5 Å². The van der Waals surface area contributed by atoms with E-state index in [4.69, 9.17) is 0 Å². The Morgan fingerprint density at radius 1 is 1.29 bits per heavy atom. The van der Waals surface area contributed by atoms with Gasteiger partial charge in [-0.1, -0.05) is 12.1 Å². The molecule has 1 aromatic carbocycles. The zero-order chi connectivity index (χ0) is 9.80. The molecular weight excluding hydrogens is 192 g/mol. The Morgan fingerprint density at radius 3 is 2.86 bits per heavy atom. The predicted molar refractivity (Wildman–Crippen MR) is 63.0 cm³/mol. The average Bonchev–Trinajstić information content (AvgIpc) is 2.23. The third kappa shape index (κ3) is 2.42. The summed E-state index contributed by atoms with van der Waals surface area (Å²) in [5, 5.41) is 6.91. The highest BCUT2D eigenvalue weighted by molar-refractivity contribution is 7.80. The number of thiol groups is 1. The molecule has 0 aromatic heterocycles. The van der Waals surface area contributed by atoms with Crippen molar-refractivity contribution in [3.05, 3.63) is 24.3 Å². The van der Waals surface area contributed by atoms with Crippen LogP contribution in [0.2, 0.25) is 0 Å². The largest absolute Gasteiger partial charge is 0.369 e. The lowest BCUT2D eigenvalue weighted by molar-refractivity contribution is 0.433. The summed E-state index contributed by atoms with van der Waals surface area (Å²) in [5.41, 5.74) is 1.12. The van der Waals surface area contributed by atoms with Gasteiger partial charge in [-0.25, -0.2) is 0 Å². The number of hydrogen-bond acceptors (Lipinski definition) is 3. The van der Waals surface area contributed by atoms with Crippen molar-refractivity contribution in [3.63, 3.8) is 0 Å². The Hall–Kier alpha value is -0.670. The van der Waals surface area contributed by atoms with Crippen LogP contribution in [0.4, 0.5) is 5.69 Å². The van der Waals surface area contributed by atoms with Gasteiger partial charge in [-0.2, -0.15) is 0 Å². The van der Waals surface area contributed by atoms with Gasteiger partial charge in [0.15, 0.2) is 0 Å². The van der Waals surface area contributed by atoms with Crippen molar-refractivity contribution in [1.29, 1.82) is 0 Å². The van der Waals surface area contributed by atoms with Crippen LogP contribution in [-0.2, 0) is 0 Å². The van der Waals surface area contributed by atoms with E-state index in [9.17, 15) is 0 Å². The fourth-order valence-corrected chi connectivity index (χ4v) is 1.98. The van der Waals surface area contributed by atoms with E-state index >= 15 is 0 Å². The SMILES string of the molecule is Sc1ccccc1NC1CCCCN1. The van der Waals surface area contributed by atoms with Gasteiger partial charge >= 0.3 is 0 Å². The topological polar surface area (TPSA) is 24.1 Å². The van der Waals surface area contributed by atoms with E-state index in [1.165, 1.54) is 19.3 Å². The van der Waals surface area contributed by atoms with E-state index in [1.54, 1.807) is 0 Å². The van der Waals surface area contributed by atoms with Crippen molar-refractivity contribution in [2.75, 3.05) is 11.9 Å². The van der Waals surface area contributed by atoms with E-state index < -0.39 is 0 Å². The molecule has 1 saturated heterocycles. The highest BCUT2D eigenvalue weighted by Crippen LogP contribution is 2.20. The van der Waals surface area contributed by atoms with Crippen LogP contribution in [-0.4, -0.2) is 12.7 Å². The lowest BCUT2D eigenvalue weighted by atomic mass is 10.1. The van der Waals surface area contributed by atoms with Crippen LogP contribution in [0.15, 0.2) is 29.2 Å². The first-order chi connectivity index (χ1) is 6.86. The minimum atomic E-state index is 0.414. The highest BCUT2D eigenvalue weighted by atomic mass is 32.1. The predicted octanol–water partition coefficient (Wildman–Crippen LogP) is 2.49. The number of hydrogen-bond donors (Lipinski definition) is 3. The second-order valence-electron chi connectivity index (χ2n) is 3.66. The number of anilines is 1. The summed E-state index contributed by atoms with van der Waals surface area (Å²) in [4.78, 5) is 1.01. The van der Waals surface area contributed by atoms with Gasteiger partial charge in [-0.05, 0) is 37.9 Å². The van der Waals surface area contributed by atoms with Crippen LogP contribution >= 0.6 is 12.6 Å². The molecule has 0 radical (unpaired) electrons. The fourth-order valence-electron chi connectivity index (χ4n) is 1.76. The molecule has 1 aliphatic rings. The maximum atomic E-state index is 4.41. The number of nitrogens with one attached hydrogen (secondary N) is 2. The molecule has 14 heavy (non-hydrogen) atoms. The van der Waals surface area contributed by atoms with Gasteiger partial charge in [0.25, 0.3) is 0 Å². The van der Waals surface area contributed by atoms with E-state index in [1.807, 2.05) is 18.2 Å². The Bertz CT molecular complexity index is 295. The van der Waals surface area contributed by atoms with Gasteiger partial charge in [0.05, 0.1) is 6.17 Å². The summed E-state index contributed by atoms with van der Waals surface area (Å²) in [6.07, 6.45) is 4.21. The second kappa shape index (κ2) is 4.71. The molecule has 1 heterocycles. The molecule has 0 bridgehead atoms. The number of piperidine rings is 1. The van der Waals surface area contributed by atoms with Crippen LogP contribution in [0.3, 0.4) is 0 Å². The molecule has 3 heteroatoms. The van der Waals surface area contributed by atoms with Crippen molar-refractivity contribution in [3.8, 4) is 0 Å². The molecular formula is C11H16N2S. The van der Waals surface area contributed by atoms with E-state index in [0.29, 0.717) is 6.17 Å². The molecule has 0 amide bonds. The normalized spacial score (nSPS) is 21.9. The van der Waals surface area contributed by atoms with Gasteiger partial charge in [0.2, 0.25) is 0 Å². The molecule has 1 fully saturated rings. The summed E-state index contributed by atoms with van der Waals surface area (Å²) >= 11 is 4.41. The molecule has 0 aliphatic carbocycles. The monoisotopic (exact) mass is 208 g/mol. The van der Waals surface area contributed by atoms with Crippen LogP contribution in [0.5, 0.6) is 0 Å². The molecule has 2 nitrogen and oxygen atoms in total. The van der Waals surface area contributed by atoms with Gasteiger partial charge in [0.1, 0.15) is 0 Å². The maximum absolute atomic E-state index is 4.41. The summed E-state index contributed by atoms with van der Waals surface area (Å²) < 4.78 is 0. The Kier molecular flexibility index (Phi) is 3.32. The molecule has 1 aliphatic heterocycles. The fraction of sp³-hybridized carbons (Fsp3) is 0.455. The van der Waals surface area contributed by atoms with Crippen molar-refractivity contribution in [1.82, 2.24) is 5.32 Å². The summed E-state index contributed by atoms with van der Waals surface area (Å²) in [5.74, 6) is 0. The molecule has 1 unspecified atom stereocenters. The Morgan fingerprint density at radius 2 is 2.14 bits per heavy atom. The molecule has 2 N–H and O–H groups in total. The summed E-state index contributed by atoms with van der Waals surface area (Å²) in [6.45, 7) is 1.12. The molecule has 0 saturated carbocycles. The lowest BCUT2D eigenvalue weighted by Crippen LogP contribution is -2.40. The van der Waals surface area contributed by atoms with Gasteiger partial charge in [0, 0.05) is 10.6 Å². The summed E-state index contributed by atoms with van der Waals surface area (Å²) in [6, 6.07) is 8.11. The number of benzene rings is 1. The maximum Gasteiger partial charge on any atom is 0.0768 e. The van der Waals surface area contributed by atoms with Gasteiger partial charge in [-0.15, -0.1) is 12.6 Å². The summed E-state index contributed by atoms with van der Waals surface area (Å²) in [7, 11) is 0. The van der Waals surface area contributed by atoms with Crippen molar-refractivity contribution < 1.29 is 0 Å². The first-order valence-corrected chi connectivity index (χ1v) is 5.59. The van der Waals surface area contributed by atoms with Crippen molar-refractivity contribution in [2.24, 2.45) is 0 Å². The average molecular weight is 208 g/mol. The molecule has 1 aromatic rings. The van der Waals surface area contributed by atoms with Crippen LogP contribution in [0, 0.1) is 0 Å². The van der Waals surface area contributed by atoms with Crippen molar-refractivity contribution >= 4 is 18.3 Å².